The van der Waals surface area contributed by atoms with E-state index in [9.17, 15) is 14.0 Å². The van der Waals surface area contributed by atoms with Gasteiger partial charge in [0, 0.05) is 11.6 Å². The smallest absolute Gasteiger partial charge is 0.290 e. The number of hydrogen-bond donors (Lipinski definition) is 0. The van der Waals surface area contributed by atoms with Crippen LogP contribution in [-0.2, 0) is 0 Å². The molecular formula is C22H20ClFN2O3. The Bertz CT molecular complexity index is 1160. The monoisotopic (exact) mass is 414 g/mol. The van der Waals surface area contributed by atoms with E-state index >= 15 is 0 Å². The lowest BCUT2D eigenvalue weighted by atomic mass is 9.98. The van der Waals surface area contributed by atoms with Crippen LogP contribution < -0.4 is 5.43 Å². The summed E-state index contributed by atoms with van der Waals surface area (Å²) in [4.78, 5) is 30.1. The number of halogens is 2. The average Bonchev–Trinajstić information content (AvgIpc) is 2.95. The first-order chi connectivity index (χ1) is 13.9. The first-order valence-electron chi connectivity index (χ1n) is 9.34. The molecule has 29 heavy (non-hydrogen) atoms. The number of carbonyl (C=O) groups is 1. The van der Waals surface area contributed by atoms with Gasteiger partial charge in [-0.3, -0.25) is 9.59 Å². The van der Waals surface area contributed by atoms with Crippen molar-refractivity contribution in [3.8, 4) is 0 Å². The number of nitrogens with zero attached hydrogens (tertiary/aromatic N) is 2. The molecule has 4 rings (SSSR count). The molecule has 0 saturated heterocycles. The highest BCUT2D eigenvalue weighted by atomic mass is 35.5. The fraction of sp³-hybridized carbons (Fsp3) is 0.273. The topological polar surface area (TPSA) is 53.8 Å². The van der Waals surface area contributed by atoms with Crippen molar-refractivity contribution in [1.82, 2.24) is 9.80 Å². The van der Waals surface area contributed by atoms with Crippen LogP contribution in [0.2, 0.25) is 5.02 Å². The number of fused-ring (bicyclic) bond motifs is 2. The number of benzene rings is 2. The van der Waals surface area contributed by atoms with Crippen molar-refractivity contribution in [3.63, 3.8) is 0 Å². The normalized spacial score (nSPS) is 16.1. The zero-order chi connectivity index (χ0) is 20.7. The van der Waals surface area contributed by atoms with Crippen molar-refractivity contribution in [3.05, 3.63) is 80.4 Å². The van der Waals surface area contributed by atoms with Gasteiger partial charge in [-0.1, -0.05) is 23.7 Å². The summed E-state index contributed by atoms with van der Waals surface area (Å²) in [6.07, 6.45) is 0.728. The molecular weight excluding hydrogens is 395 g/mol. The fourth-order valence-corrected chi connectivity index (χ4v) is 4.00. The van der Waals surface area contributed by atoms with Gasteiger partial charge in [0.2, 0.25) is 5.76 Å². The van der Waals surface area contributed by atoms with Crippen LogP contribution in [0, 0.1) is 5.82 Å². The molecule has 0 radical (unpaired) electrons. The van der Waals surface area contributed by atoms with Crippen LogP contribution >= 0.6 is 11.6 Å². The first kappa shape index (κ1) is 19.6. The van der Waals surface area contributed by atoms with Crippen LogP contribution in [0.4, 0.5) is 4.39 Å². The molecule has 0 fully saturated rings. The Hall–Kier alpha value is -2.70. The summed E-state index contributed by atoms with van der Waals surface area (Å²) in [6, 6.07) is 10.2. The minimum Gasteiger partial charge on any atom is -0.450 e. The summed E-state index contributed by atoms with van der Waals surface area (Å²) in [5.74, 6) is -0.854. The Morgan fingerprint density at radius 3 is 2.69 bits per heavy atom. The average molecular weight is 415 g/mol. The lowest BCUT2D eigenvalue weighted by Crippen LogP contribution is -2.32. The van der Waals surface area contributed by atoms with Crippen molar-refractivity contribution in [2.45, 2.75) is 12.5 Å². The molecule has 0 spiro atoms. The lowest BCUT2D eigenvalue weighted by Gasteiger charge is -2.25. The van der Waals surface area contributed by atoms with Gasteiger partial charge in [0.1, 0.15) is 11.4 Å². The molecule has 0 saturated carbocycles. The van der Waals surface area contributed by atoms with Gasteiger partial charge in [0.15, 0.2) is 5.43 Å². The molecule has 1 aliphatic heterocycles. The van der Waals surface area contributed by atoms with Crippen molar-refractivity contribution in [2.24, 2.45) is 0 Å². The van der Waals surface area contributed by atoms with E-state index in [0.717, 1.165) is 24.6 Å². The highest BCUT2D eigenvalue weighted by molar-refractivity contribution is 6.30. The molecule has 0 N–H and O–H groups in total. The molecule has 0 aliphatic carbocycles. The van der Waals surface area contributed by atoms with Gasteiger partial charge in [-0.15, -0.1) is 0 Å². The number of hydrogen-bond acceptors (Lipinski definition) is 4. The van der Waals surface area contributed by atoms with Crippen LogP contribution in [0.5, 0.6) is 0 Å². The molecule has 2 heterocycles. The van der Waals surface area contributed by atoms with Crippen LogP contribution in [0.15, 0.2) is 51.7 Å². The minimum absolute atomic E-state index is 0.0175. The molecule has 1 atom stereocenters. The van der Waals surface area contributed by atoms with Crippen molar-refractivity contribution in [1.29, 1.82) is 0 Å². The van der Waals surface area contributed by atoms with E-state index < -0.39 is 17.3 Å². The lowest BCUT2D eigenvalue weighted by molar-refractivity contribution is 0.0722. The summed E-state index contributed by atoms with van der Waals surface area (Å²) in [7, 11) is 3.92. The van der Waals surface area contributed by atoms with E-state index in [1.165, 1.54) is 12.1 Å². The van der Waals surface area contributed by atoms with Crippen LogP contribution in [-0.4, -0.2) is 42.9 Å². The number of rotatable bonds is 5. The third-order valence-electron chi connectivity index (χ3n) is 5.10. The molecule has 1 amide bonds. The first-order valence-corrected chi connectivity index (χ1v) is 9.72. The van der Waals surface area contributed by atoms with Crippen LogP contribution in [0.3, 0.4) is 0 Å². The second-order valence-electron chi connectivity index (χ2n) is 7.43. The Morgan fingerprint density at radius 2 is 1.97 bits per heavy atom. The SMILES string of the molecule is CN(C)CCCN1C(=O)c2oc3ccc(F)cc3c(=O)c2C1c1cccc(Cl)c1. The largest absolute Gasteiger partial charge is 0.450 e. The summed E-state index contributed by atoms with van der Waals surface area (Å²) >= 11 is 6.17. The van der Waals surface area contributed by atoms with Gasteiger partial charge < -0.3 is 14.2 Å². The van der Waals surface area contributed by atoms with Gasteiger partial charge in [0.05, 0.1) is 17.0 Å². The van der Waals surface area contributed by atoms with E-state index in [4.69, 9.17) is 16.0 Å². The molecule has 2 aromatic carbocycles. The summed E-state index contributed by atoms with van der Waals surface area (Å²) in [6.45, 7) is 1.24. The summed E-state index contributed by atoms with van der Waals surface area (Å²) in [5, 5.41) is 0.631. The third kappa shape index (κ3) is 3.54. The highest BCUT2D eigenvalue weighted by Crippen LogP contribution is 2.38. The maximum atomic E-state index is 13.8. The van der Waals surface area contributed by atoms with E-state index in [0.29, 0.717) is 11.6 Å². The number of amides is 1. The molecule has 1 unspecified atom stereocenters. The Kier molecular flexibility index (Phi) is 5.15. The number of carbonyl (C=O) groups excluding carboxylic acids is 1. The molecule has 150 valence electrons. The van der Waals surface area contributed by atoms with Crippen molar-refractivity contribution < 1.29 is 13.6 Å². The second kappa shape index (κ2) is 7.61. The second-order valence-corrected chi connectivity index (χ2v) is 7.86. The van der Waals surface area contributed by atoms with E-state index in [1.807, 2.05) is 25.1 Å². The molecule has 1 aromatic heterocycles. The standard InChI is InChI=1S/C22H20ClFN2O3/c1-25(2)9-4-10-26-19(13-5-3-6-14(23)11-13)18-20(27)16-12-15(24)7-8-17(16)29-21(18)22(26)28/h3,5-8,11-12,19H,4,9-10H2,1-2H3. The van der Waals surface area contributed by atoms with Gasteiger partial charge in [0.25, 0.3) is 5.91 Å². The van der Waals surface area contributed by atoms with Crippen molar-refractivity contribution >= 4 is 28.5 Å². The quantitative estimate of drug-likeness (QED) is 0.631. The Labute approximate surface area is 172 Å². The minimum atomic E-state index is -0.623. The summed E-state index contributed by atoms with van der Waals surface area (Å²) < 4.78 is 19.5. The molecule has 0 bridgehead atoms. The molecule has 1 aliphatic rings. The van der Waals surface area contributed by atoms with E-state index in [2.05, 4.69) is 0 Å². The predicted molar refractivity (Wildman–Crippen MR) is 110 cm³/mol. The molecule has 3 aromatic rings. The summed E-state index contributed by atoms with van der Waals surface area (Å²) in [5.41, 5.74) is 0.760. The van der Waals surface area contributed by atoms with Crippen LogP contribution in [0.25, 0.3) is 11.0 Å². The maximum absolute atomic E-state index is 13.8. The Balaban J connectivity index is 1.89. The van der Waals surface area contributed by atoms with Gasteiger partial charge in [-0.05, 0) is 63.0 Å². The predicted octanol–water partition coefficient (Wildman–Crippen LogP) is 4.08. The zero-order valence-corrected chi connectivity index (χ0v) is 16.9. The van der Waals surface area contributed by atoms with Crippen molar-refractivity contribution in [2.75, 3.05) is 27.2 Å². The molecule has 7 heteroatoms. The van der Waals surface area contributed by atoms with Crippen LogP contribution in [0.1, 0.15) is 34.1 Å². The Morgan fingerprint density at radius 1 is 1.17 bits per heavy atom. The molecule has 5 nitrogen and oxygen atoms in total. The van der Waals surface area contributed by atoms with Gasteiger partial charge in [-0.2, -0.15) is 0 Å². The maximum Gasteiger partial charge on any atom is 0.290 e. The van der Waals surface area contributed by atoms with E-state index in [-0.39, 0.29) is 28.2 Å². The fourth-order valence-electron chi connectivity index (χ4n) is 3.80. The van der Waals surface area contributed by atoms with Gasteiger partial charge in [-0.25, -0.2) is 4.39 Å². The highest BCUT2D eigenvalue weighted by Gasteiger charge is 2.42. The zero-order valence-electron chi connectivity index (χ0n) is 16.1. The third-order valence-corrected chi connectivity index (χ3v) is 5.33. The van der Waals surface area contributed by atoms with Gasteiger partial charge >= 0.3 is 0 Å². The van der Waals surface area contributed by atoms with E-state index in [1.54, 1.807) is 23.1 Å².